The molecule has 0 fully saturated rings. The highest BCUT2D eigenvalue weighted by Gasteiger charge is 2.29. The SMILES string of the molecule is CC[C@@H](C)NC(=O)[C@H](CC)N(Cc1ccc(Cl)c(Cl)c1)C(=O)CCc1ccc2c(c1)OCO2. The number of hydrogen-bond acceptors (Lipinski definition) is 4. The molecule has 2 aromatic rings. The fourth-order valence-electron chi connectivity index (χ4n) is 3.69. The van der Waals surface area contributed by atoms with Crippen LogP contribution in [0.25, 0.3) is 0 Å². The van der Waals surface area contributed by atoms with Gasteiger partial charge in [0, 0.05) is 19.0 Å². The number of aryl methyl sites for hydroxylation is 1. The number of halogens is 2. The second kappa shape index (κ2) is 11.6. The molecule has 2 aromatic carbocycles. The molecule has 0 spiro atoms. The summed E-state index contributed by atoms with van der Waals surface area (Å²) >= 11 is 12.2. The molecular weight excluding hydrogens is 463 g/mol. The molecule has 1 N–H and O–H groups in total. The molecular formula is C25H30Cl2N2O4. The summed E-state index contributed by atoms with van der Waals surface area (Å²) in [6.07, 6.45) is 2.09. The van der Waals surface area contributed by atoms with Crippen molar-refractivity contribution >= 4 is 35.0 Å². The smallest absolute Gasteiger partial charge is 0.243 e. The molecule has 0 unspecified atom stereocenters. The first-order chi connectivity index (χ1) is 15.8. The van der Waals surface area contributed by atoms with Crippen molar-refractivity contribution in [1.82, 2.24) is 10.2 Å². The van der Waals surface area contributed by atoms with Crippen LogP contribution in [-0.2, 0) is 22.6 Å². The summed E-state index contributed by atoms with van der Waals surface area (Å²) in [7, 11) is 0. The van der Waals surface area contributed by atoms with Crippen LogP contribution in [0.2, 0.25) is 10.0 Å². The van der Waals surface area contributed by atoms with Crippen LogP contribution in [0.1, 0.15) is 51.2 Å². The van der Waals surface area contributed by atoms with Gasteiger partial charge < -0.3 is 19.7 Å². The summed E-state index contributed by atoms with van der Waals surface area (Å²) in [6, 6.07) is 10.4. The third kappa shape index (κ3) is 6.55. The van der Waals surface area contributed by atoms with Crippen LogP contribution in [-0.4, -0.2) is 35.6 Å². The van der Waals surface area contributed by atoms with E-state index in [-0.39, 0.29) is 37.6 Å². The Hall–Kier alpha value is -2.44. The molecule has 1 aliphatic rings. The van der Waals surface area contributed by atoms with Gasteiger partial charge in [-0.1, -0.05) is 49.2 Å². The Kier molecular flexibility index (Phi) is 8.87. The Bertz CT molecular complexity index is 998. The normalized spacial score (nSPS) is 14.0. The van der Waals surface area contributed by atoms with Crippen molar-refractivity contribution in [3.63, 3.8) is 0 Å². The third-order valence-electron chi connectivity index (χ3n) is 5.79. The highest BCUT2D eigenvalue weighted by atomic mass is 35.5. The maximum atomic E-state index is 13.4. The van der Waals surface area contributed by atoms with Gasteiger partial charge in [0.25, 0.3) is 0 Å². The Morgan fingerprint density at radius 3 is 2.42 bits per heavy atom. The maximum Gasteiger partial charge on any atom is 0.243 e. The Morgan fingerprint density at radius 2 is 1.73 bits per heavy atom. The van der Waals surface area contributed by atoms with Gasteiger partial charge in [-0.15, -0.1) is 0 Å². The predicted octanol–water partition coefficient (Wildman–Crippen LogP) is 5.38. The molecule has 0 saturated carbocycles. The Balaban J connectivity index is 1.78. The van der Waals surface area contributed by atoms with Crippen molar-refractivity contribution in [2.75, 3.05) is 6.79 Å². The first-order valence-electron chi connectivity index (χ1n) is 11.2. The van der Waals surface area contributed by atoms with E-state index in [0.29, 0.717) is 34.4 Å². The van der Waals surface area contributed by atoms with Gasteiger partial charge in [0.15, 0.2) is 11.5 Å². The number of amides is 2. The lowest BCUT2D eigenvalue weighted by Crippen LogP contribution is -2.50. The number of fused-ring (bicyclic) bond motifs is 1. The Labute approximate surface area is 205 Å². The summed E-state index contributed by atoms with van der Waals surface area (Å²) in [4.78, 5) is 28.1. The van der Waals surface area contributed by atoms with Crippen molar-refractivity contribution in [3.05, 3.63) is 57.6 Å². The molecule has 178 valence electrons. The lowest BCUT2D eigenvalue weighted by molar-refractivity contribution is -0.141. The van der Waals surface area contributed by atoms with E-state index >= 15 is 0 Å². The lowest BCUT2D eigenvalue weighted by atomic mass is 10.1. The van der Waals surface area contributed by atoms with Crippen molar-refractivity contribution in [2.45, 2.75) is 65.1 Å². The van der Waals surface area contributed by atoms with Crippen molar-refractivity contribution < 1.29 is 19.1 Å². The molecule has 33 heavy (non-hydrogen) atoms. The molecule has 8 heteroatoms. The molecule has 1 heterocycles. The number of nitrogens with zero attached hydrogens (tertiary/aromatic N) is 1. The number of benzene rings is 2. The molecule has 3 rings (SSSR count). The van der Waals surface area contributed by atoms with E-state index in [2.05, 4.69) is 5.32 Å². The largest absolute Gasteiger partial charge is 0.454 e. The minimum atomic E-state index is -0.585. The van der Waals surface area contributed by atoms with Crippen LogP contribution < -0.4 is 14.8 Å². The quantitative estimate of drug-likeness (QED) is 0.483. The van der Waals surface area contributed by atoms with E-state index in [1.165, 1.54) is 0 Å². The summed E-state index contributed by atoms with van der Waals surface area (Å²) < 4.78 is 10.8. The van der Waals surface area contributed by atoms with Crippen LogP contribution in [0.5, 0.6) is 11.5 Å². The first-order valence-corrected chi connectivity index (χ1v) is 12.0. The molecule has 0 radical (unpaired) electrons. The highest BCUT2D eigenvalue weighted by Crippen LogP contribution is 2.33. The van der Waals surface area contributed by atoms with Crippen LogP contribution in [0.4, 0.5) is 0 Å². The molecule has 0 aromatic heterocycles. The van der Waals surface area contributed by atoms with Gasteiger partial charge in [-0.05, 0) is 61.6 Å². The predicted molar refractivity (Wildman–Crippen MR) is 130 cm³/mol. The third-order valence-corrected chi connectivity index (χ3v) is 6.53. The van der Waals surface area contributed by atoms with Gasteiger partial charge in [0.2, 0.25) is 18.6 Å². The molecule has 0 saturated heterocycles. The Morgan fingerprint density at radius 1 is 1.00 bits per heavy atom. The van der Waals surface area contributed by atoms with Gasteiger partial charge in [0.1, 0.15) is 6.04 Å². The van der Waals surface area contributed by atoms with Crippen LogP contribution >= 0.6 is 23.2 Å². The van der Waals surface area contributed by atoms with E-state index in [9.17, 15) is 9.59 Å². The van der Waals surface area contributed by atoms with E-state index in [1.54, 1.807) is 17.0 Å². The standard InChI is InChI=1S/C25H30Cl2N2O4/c1-4-16(3)28-25(31)21(5-2)29(14-18-6-9-19(26)20(27)12-18)24(30)11-8-17-7-10-22-23(13-17)33-15-32-22/h6-7,9-10,12-13,16,21H,4-5,8,11,14-15H2,1-3H3,(H,28,31)/t16-,21+/m1/s1. The topological polar surface area (TPSA) is 67.9 Å². The van der Waals surface area contributed by atoms with Gasteiger partial charge in [0.05, 0.1) is 10.0 Å². The summed E-state index contributed by atoms with van der Waals surface area (Å²) in [5, 5.41) is 3.88. The minimum absolute atomic E-state index is 0.0297. The summed E-state index contributed by atoms with van der Waals surface area (Å²) in [5.74, 6) is 1.14. The zero-order chi connectivity index (χ0) is 24.0. The van der Waals surface area contributed by atoms with Crippen LogP contribution in [0, 0.1) is 0 Å². The molecule has 0 aliphatic carbocycles. The summed E-state index contributed by atoms with van der Waals surface area (Å²) in [6.45, 7) is 6.35. The van der Waals surface area contributed by atoms with Gasteiger partial charge in [-0.2, -0.15) is 0 Å². The number of rotatable bonds is 10. The minimum Gasteiger partial charge on any atom is -0.454 e. The highest BCUT2D eigenvalue weighted by molar-refractivity contribution is 6.42. The van der Waals surface area contributed by atoms with Crippen molar-refractivity contribution in [3.8, 4) is 11.5 Å². The van der Waals surface area contributed by atoms with Gasteiger partial charge in [-0.25, -0.2) is 0 Å². The van der Waals surface area contributed by atoms with Crippen LogP contribution in [0.15, 0.2) is 36.4 Å². The molecule has 0 bridgehead atoms. The zero-order valence-corrected chi connectivity index (χ0v) is 20.7. The average molecular weight is 493 g/mol. The average Bonchev–Trinajstić information content (AvgIpc) is 3.27. The van der Waals surface area contributed by atoms with Crippen molar-refractivity contribution in [1.29, 1.82) is 0 Å². The van der Waals surface area contributed by atoms with Crippen LogP contribution in [0.3, 0.4) is 0 Å². The number of hydrogen-bond donors (Lipinski definition) is 1. The number of carbonyl (C=O) groups excluding carboxylic acids is 2. The van der Waals surface area contributed by atoms with E-state index in [1.807, 2.05) is 45.0 Å². The van der Waals surface area contributed by atoms with Gasteiger partial charge in [-0.3, -0.25) is 9.59 Å². The van der Waals surface area contributed by atoms with E-state index in [4.69, 9.17) is 32.7 Å². The number of nitrogens with one attached hydrogen (secondary N) is 1. The van der Waals surface area contributed by atoms with E-state index < -0.39 is 6.04 Å². The first kappa shape index (κ1) is 25.2. The summed E-state index contributed by atoms with van der Waals surface area (Å²) in [5.41, 5.74) is 1.79. The molecule has 1 aliphatic heterocycles. The second-order valence-electron chi connectivity index (χ2n) is 8.20. The monoisotopic (exact) mass is 492 g/mol. The number of ether oxygens (including phenoxy) is 2. The number of carbonyl (C=O) groups is 2. The molecule has 2 atom stereocenters. The van der Waals surface area contributed by atoms with Gasteiger partial charge >= 0.3 is 0 Å². The maximum absolute atomic E-state index is 13.4. The lowest BCUT2D eigenvalue weighted by Gasteiger charge is -2.31. The second-order valence-corrected chi connectivity index (χ2v) is 9.01. The van der Waals surface area contributed by atoms with E-state index in [0.717, 1.165) is 17.5 Å². The zero-order valence-electron chi connectivity index (χ0n) is 19.2. The van der Waals surface area contributed by atoms with Crippen molar-refractivity contribution in [2.24, 2.45) is 0 Å². The molecule has 2 amide bonds. The fraction of sp³-hybridized carbons (Fsp3) is 0.440. The fourth-order valence-corrected chi connectivity index (χ4v) is 4.01. The molecule has 6 nitrogen and oxygen atoms in total.